The van der Waals surface area contributed by atoms with Crippen molar-refractivity contribution in [3.63, 3.8) is 0 Å². The molecule has 1 aromatic carbocycles. The number of hydrogen-bond acceptors (Lipinski definition) is 2. The summed E-state index contributed by atoms with van der Waals surface area (Å²) in [6.45, 7) is 4.97. The number of nitrogens with one attached hydrogen (secondary N) is 1. The van der Waals surface area contributed by atoms with Crippen molar-refractivity contribution in [3.8, 4) is 0 Å². The molecule has 106 valence electrons. The molecule has 1 fully saturated rings. The van der Waals surface area contributed by atoms with Gasteiger partial charge in [0.05, 0.1) is 0 Å². The maximum atomic E-state index is 12.0. The van der Waals surface area contributed by atoms with E-state index in [4.69, 9.17) is 5.73 Å². The van der Waals surface area contributed by atoms with Crippen LogP contribution in [0, 0.1) is 12.3 Å². The number of nitrogens with two attached hydrogens (primary N) is 1. The van der Waals surface area contributed by atoms with E-state index in [0.717, 1.165) is 18.5 Å². The molecule has 0 saturated heterocycles. The highest BCUT2D eigenvalue weighted by molar-refractivity contribution is 5.85. The predicted octanol–water partition coefficient (Wildman–Crippen LogP) is 2.72. The van der Waals surface area contributed by atoms with Crippen LogP contribution < -0.4 is 11.1 Å². The number of halogens is 1. The number of carbonyl (C=O) groups excluding carboxylic acids is 1. The van der Waals surface area contributed by atoms with E-state index in [9.17, 15) is 4.79 Å². The summed E-state index contributed by atoms with van der Waals surface area (Å²) in [5, 5.41) is 2.99. The number of aryl methyl sites for hydroxylation is 1. The number of benzene rings is 1. The first-order valence-corrected chi connectivity index (χ1v) is 6.66. The van der Waals surface area contributed by atoms with Gasteiger partial charge in [0.1, 0.15) is 6.04 Å². The second-order valence-corrected chi connectivity index (χ2v) is 5.46. The molecule has 0 aromatic heterocycles. The van der Waals surface area contributed by atoms with Crippen LogP contribution in [0.25, 0.3) is 0 Å². The highest BCUT2D eigenvalue weighted by Crippen LogP contribution is 2.47. The number of rotatable bonds is 5. The first-order chi connectivity index (χ1) is 8.56. The van der Waals surface area contributed by atoms with E-state index in [0.29, 0.717) is 5.41 Å². The van der Waals surface area contributed by atoms with Crippen molar-refractivity contribution in [2.45, 2.75) is 39.2 Å². The number of amides is 1. The third-order valence-corrected chi connectivity index (χ3v) is 4.06. The third kappa shape index (κ3) is 3.95. The predicted molar refractivity (Wildman–Crippen MR) is 80.3 cm³/mol. The second kappa shape index (κ2) is 6.40. The Morgan fingerprint density at radius 1 is 1.37 bits per heavy atom. The van der Waals surface area contributed by atoms with Gasteiger partial charge in [-0.25, -0.2) is 0 Å². The van der Waals surface area contributed by atoms with Gasteiger partial charge in [0.25, 0.3) is 0 Å². The molecule has 3 nitrogen and oxygen atoms in total. The molecule has 1 aliphatic carbocycles. The number of carbonyl (C=O) groups is 1. The largest absolute Gasteiger partial charge is 0.354 e. The lowest BCUT2D eigenvalue weighted by atomic mass is 10.0. The summed E-state index contributed by atoms with van der Waals surface area (Å²) >= 11 is 0. The maximum Gasteiger partial charge on any atom is 0.241 e. The highest BCUT2D eigenvalue weighted by Gasteiger charge is 2.40. The van der Waals surface area contributed by atoms with E-state index in [-0.39, 0.29) is 18.3 Å². The Hall–Kier alpha value is -1.06. The second-order valence-electron chi connectivity index (χ2n) is 5.46. The van der Waals surface area contributed by atoms with Gasteiger partial charge in [-0.15, -0.1) is 12.4 Å². The van der Waals surface area contributed by atoms with Gasteiger partial charge < -0.3 is 11.1 Å². The summed E-state index contributed by atoms with van der Waals surface area (Å²) in [6, 6.07) is 7.25. The molecule has 1 atom stereocenters. The molecule has 1 unspecified atom stereocenters. The lowest BCUT2D eigenvalue weighted by Crippen LogP contribution is -2.37. The quantitative estimate of drug-likeness (QED) is 0.872. The molecule has 0 radical (unpaired) electrons. The van der Waals surface area contributed by atoms with Crippen molar-refractivity contribution < 1.29 is 4.79 Å². The number of hydrogen-bond donors (Lipinski definition) is 2. The van der Waals surface area contributed by atoms with Crippen LogP contribution in [0.4, 0.5) is 0 Å². The Morgan fingerprint density at radius 3 is 2.42 bits per heavy atom. The molecule has 0 aliphatic heterocycles. The highest BCUT2D eigenvalue weighted by atomic mass is 35.5. The Bertz CT molecular complexity index is 426. The SMILES string of the molecule is CCC1(CNC(=O)C(N)c2ccc(C)cc2)CC1.Cl. The zero-order valence-electron chi connectivity index (χ0n) is 11.6. The van der Waals surface area contributed by atoms with E-state index in [1.165, 1.54) is 18.4 Å². The molecule has 0 heterocycles. The van der Waals surface area contributed by atoms with Gasteiger partial charge in [-0.05, 0) is 37.2 Å². The average molecular weight is 283 g/mol. The molecule has 1 saturated carbocycles. The van der Waals surface area contributed by atoms with Gasteiger partial charge in [0.2, 0.25) is 5.91 Å². The minimum absolute atomic E-state index is 0. The van der Waals surface area contributed by atoms with Gasteiger partial charge in [-0.2, -0.15) is 0 Å². The minimum Gasteiger partial charge on any atom is -0.354 e. The van der Waals surface area contributed by atoms with E-state index >= 15 is 0 Å². The summed E-state index contributed by atoms with van der Waals surface area (Å²) in [4.78, 5) is 12.0. The molecule has 3 N–H and O–H groups in total. The molecular formula is C15H23ClN2O. The lowest BCUT2D eigenvalue weighted by molar-refractivity contribution is -0.122. The van der Waals surface area contributed by atoms with Crippen LogP contribution in [0.2, 0.25) is 0 Å². The topological polar surface area (TPSA) is 55.1 Å². The van der Waals surface area contributed by atoms with Gasteiger partial charge in [0.15, 0.2) is 0 Å². The van der Waals surface area contributed by atoms with Crippen molar-refractivity contribution in [2.75, 3.05) is 6.54 Å². The molecule has 0 bridgehead atoms. The van der Waals surface area contributed by atoms with Gasteiger partial charge in [0, 0.05) is 6.54 Å². The Kier molecular flexibility index (Phi) is 5.39. The monoisotopic (exact) mass is 282 g/mol. The van der Waals surface area contributed by atoms with Crippen molar-refractivity contribution >= 4 is 18.3 Å². The van der Waals surface area contributed by atoms with Crippen molar-refractivity contribution in [1.29, 1.82) is 0 Å². The summed E-state index contributed by atoms with van der Waals surface area (Å²) in [5.41, 5.74) is 8.38. The fourth-order valence-electron chi connectivity index (χ4n) is 2.14. The molecule has 1 amide bonds. The minimum atomic E-state index is -0.557. The molecule has 0 spiro atoms. The summed E-state index contributed by atoms with van der Waals surface area (Å²) in [6.07, 6.45) is 3.58. The van der Waals surface area contributed by atoms with Crippen LogP contribution >= 0.6 is 12.4 Å². The molecule has 19 heavy (non-hydrogen) atoms. The third-order valence-electron chi connectivity index (χ3n) is 4.06. The zero-order valence-corrected chi connectivity index (χ0v) is 12.4. The van der Waals surface area contributed by atoms with E-state index in [1.54, 1.807) is 0 Å². The van der Waals surface area contributed by atoms with Gasteiger partial charge >= 0.3 is 0 Å². The summed E-state index contributed by atoms with van der Waals surface area (Å²) in [7, 11) is 0. The first-order valence-electron chi connectivity index (χ1n) is 6.66. The Balaban J connectivity index is 0.00000180. The smallest absolute Gasteiger partial charge is 0.241 e. The maximum absolute atomic E-state index is 12.0. The molecule has 1 aliphatic rings. The molecule has 2 rings (SSSR count). The lowest BCUT2D eigenvalue weighted by Gasteiger charge is -2.17. The fourth-order valence-corrected chi connectivity index (χ4v) is 2.14. The first kappa shape index (κ1) is 16.0. The van der Waals surface area contributed by atoms with Crippen LogP contribution in [0.3, 0.4) is 0 Å². The molecule has 4 heteroatoms. The summed E-state index contributed by atoms with van der Waals surface area (Å²) < 4.78 is 0. The van der Waals surface area contributed by atoms with E-state index < -0.39 is 6.04 Å². The molecule has 1 aromatic rings. The standard InChI is InChI=1S/C15H22N2O.ClH/c1-3-15(8-9-15)10-17-14(18)13(16)12-6-4-11(2)5-7-12;/h4-7,13H,3,8-10,16H2,1-2H3,(H,17,18);1H. The van der Waals surface area contributed by atoms with Gasteiger partial charge in [-0.1, -0.05) is 36.8 Å². The average Bonchev–Trinajstić information content (AvgIpc) is 3.17. The van der Waals surface area contributed by atoms with Crippen molar-refractivity contribution in [3.05, 3.63) is 35.4 Å². The van der Waals surface area contributed by atoms with E-state index in [2.05, 4.69) is 12.2 Å². The van der Waals surface area contributed by atoms with Crippen molar-refractivity contribution in [2.24, 2.45) is 11.1 Å². The van der Waals surface area contributed by atoms with Crippen LogP contribution in [0.5, 0.6) is 0 Å². The molecular weight excluding hydrogens is 260 g/mol. The van der Waals surface area contributed by atoms with Crippen LogP contribution in [0.1, 0.15) is 43.4 Å². The van der Waals surface area contributed by atoms with Crippen LogP contribution in [-0.2, 0) is 4.79 Å². The fraction of sp³-hybridized carbons (Fsp3) is 0.533. The van der Waals surface area contributed by atoms with Crippen LogP contribution in [-0.4, -0.2) is 12.5 Å². The van der Waals surface area contributed by atoms with E-state index in [1.807, 2.05) is 31.2 Å². The van der Waals surface area contributed by atoms with Crippen LogP contribution in [0.15, 0.2) is 24.3 Å². The normalized spacial score (nSPS) is 17.2. The zero-order chi connectivity index (χ0) is 13.2. The van der Waals surface area contributed by atoms with Crippen molar-refractivity contribution in [1.82, 2.24) is 5.32 Å². The summed E-state index contributed by atoms with van der Waals surface area (Å²) in [5.74, 6) is -0.0708. The Morgan fingerprint density at radius 2 is 1.95 bits per heavy atom. The Labute approximate surface area is 121 Å². The van der Waals surface area contributed by atoms with Gasteiger partial charge in [-0.3, -0.25) is 4.79 Å².